The first-order chi connectivity index (χ1) is 11.6. The first kappa shape index (κ1) is 17.0. The van der Waals surface area contributed by atoms with Crippen LogP contribution in [-0.4, -0.2) is 24.1 Å². The fourth-order valence-electron chi connectivity index (χ4n) is 2.48. The molecule has 0 aliphatic carbocycles. The Morgan fingerprint density at radius 3 is 2.67 bits per heavy atom. The van der Waals surface area contributed by atoms with Crippen molar-refractivity contribution in [1.29, 1.82) is 0 Å². The van der Waals surface area contributed by atoms with Crippen molar-refractivity contribution in [1.82, 2.24) is 4.98 Å². The number of nitrogens with zero attached hydrogens (tertiary/aromatic N) is 1. The fraction of sp³-hybridized carbons (Fsp3) is 0.294. The Hall–Kier alpha value is -1.82. The lowest BCUT2D eigenvalue weighted by molar-refractivity contribution is -0.122. The molecular weight excluding hydrogens is 349 g/mol. The number of halogens is 2. The van der Waals surface area contributed by atoms with Crippen molar-refractivity contribution in [3.8, 4) is 0 Å². The number of amides is 1. The smallest absolute Gasteiger partial charge is 0.227 e. The molecule has 1 aliphatic heterocycles. The number of hydrogen-bond donors (Lipinski definition) is 2. The number of pyridine rings is 1. The number of carbonyl (C=O) groups excluding carboxylic acids is 1. The third-order valence-corrected chi connectivity index (χ3v) is 4.38. The molecular formula is C17H17Cl2N3O2. The summed E-state index contributed by atoms with van der Waals surface area (Å²) in [5, 5.41) is 7.13. The molecule has 1 fully saturated rings. The number of anilines is 3. The van der Waals surface area contributed by atoms with Crippen LogP contribution < -0.4 is 10.6 Å². The second kappa shape index (κ2) is 7.83. The molecule has 0 spiro atoms. The Kier molecular flexibility index (Phi) is 5.56. The summed E-state index contributed by atoms with van der Waals surface area (Å²) in [5.41, 5.74) is 1.34. The van der Waals surface area contributed by atoms with Gasteiger partial charge in [-0.3, -0.25) is 4.79 Å². The molecule has 1 aliphatic rings. The van der Waals surface area contributed by atoms with Gasteiger partial charge in [0.15, 0.2) is 0 Å². The van der Waals surface area contributed by atoms with E-state index in [0.29, 0.717) is 40.5 Å². The molecule has 3 rings (SSSR count). The molecule has 1 aromatic heterocycles. The highest BCUT2D eigenvalue weighted by atomic mass is 35.5. The summed E-state index contributed by atoms with van der Waals surface area (Å²) >= 11 is 12.1. The zero-order valence-electron chi connectivity index (χ0n) is 12.9. The number of carbonyl (C=O) groups is 1. The highest BCUT2D eigenvalue weighted by Gasteiger charge is 2.21. The molecule has 126 valence electrons. The van der Waals surface area contributed by atoms with Gasteiger partial charge in [-0.25, -0.2) is 4.98 Å². The second-order valence-electron chi connectivity index (χ2n) is 5.56. The van der Waals surface area contributed by atoms with E-state index in [1.165, 1.54) is 0 Å². The van der Waals surface area contributed by atoms with Gasteiger partial charge in [0.05, 0.1) is 22.6 Å². The van der Waals surface area contributed by atoms with Crippen LogP contribution in [0.1, 0.15) is 12.8 Å². The molecule has 0 unspecified atom stereocenters. The zero-order valence-corrected chi connectivity index (χ0v) is 14.4. The van der Waals surface area contributed by atoms with Crippen LogP contribution in [0.2, 0.25) is 10.0 Å². The van der Waals surface area contributed by atoms with E-state index in [4.69, 9.17) is 27.9 Å². The molecule has 0 bridgehead atoms. The number of ether oxygens (including phenoxy) is 1. The molecule has 7 heteroatoms. The van der Waals surface area contributed by atoms with Crippen LogP contribution in [0.15, 0.2) is 36.5 Å². The van der Waals surface area contributed by atoms with Crippen molar-refractivity contribution >= 4 is 46.3 Å². The topological polar surface area (TPSA) is 63.2 Å². The summed E-state index contributed by atoms with van der Waals surface area (Å²) in [5.74, 6) is 0.628. The van der Waals surface area contributed by atoms with Crippen molar-refractivity contribution in [3.63, 3.8) is 0 Å². The van der Waals surface area contributed by atoms with Crippen molar-refractivity contribution in [3.05, 3.63) is 46.6 Å². The summed E-state index contributed by atoms with van der Waals surface area (Å²) in [6.07, 6.45) is 3.12. The van der Waals surface area contributed by atoms with Crippen LogP contribution in [0.4, 0.5) is 17.2 Å². The van der Waals surface area contributed by atoms with Crippen molar-refractivity contribution in [2.75, 3.05) is 23.8 Å². The number of rotatable bonds is 4. The summed E-state index contributed by atoms with van der Waals surface area (Å²) in [6.45, 7) is 1.28. The average molecular weight is 366 g/mol. The molecule has 1 aromatic carbocycles. The van der Waals surface area contributed by atoms with Crippen LogP contribution in [0.3, 0.4) is 0 Å². The Labute approximate surface area is 150 Å². The third-order valence-electron chi connectivity index (χ3n) is 3.81. The Morgan fingerprint density at radius 2 is 1.96 bits per heavy atom. The van der Waals surface area contributed by atoms with Crippen LogP contribution in [-0.2, 0) is 9.53 Å². The van der Waals surface area contributed by atoms with Gasteiger partial charge in [-0.2, -0.15) is 0 Å². The van der Waals surface area contributed by atoms with Crippen molar-refractivity contribution in [2.45, 2.75) is 12.8 Å². The highest BCUT2D eigenvalue weighted by molar-refractivity contribution is 6.35. The maximum Gasteiger partial charge on any atom is 0.227 e. The maximum atomic E-state index is 12.2. The lowest BCUT2D eigenvalue weighted by Crippen LogP contribution is -2.28. The number of aromatic nitrogens is 1. The summed E-state index contributed by atoms with van der Waals surface area (Å²) < 4.78 is 5.27. The van der Waals surface area contributed by atoms with E-state index in [-0.39, 0.29) is 11.8 Å². The molecule has 2 N–H and O–H groups in total. The first-order valence-corrected chi connectivity index (χ1v) is 8.44. The monoisotopic (exact) mass is 365 g/mol. The minimum atomic E-state index is 0.00168. The molecule has 2 aromatic rings. The van der Waals surface area contributed by atoms with Gasteiger partial charge in [0.1, 0.15) is 5.82 Å². The van der Waals surface area contributed by atoms with Crippen LogP contribution in [0, 0.1) is 5.92 Å². The van der Waals surface area contributed by atoms with E-state index in [9.17, 15) is 4.79 Å². The predicted octanol–water partition coefficient (Wildman–Crippen LogP) is 4.50. The molecule has 0 saturated carbocycles. The van der Waals surface area contributed by atoms with E-state index < -0.39 is 0 Å². The van der Waals surface area contributed by atoms with Gasteiger partial charge in [-0.1, -0.05) is 23.2 Å². The Morgan fingerprint density at radius 1 is 1.17 bits per heavy atom. The third kappa shape index (κ3) is 4.38. The van der Waals surface area contributed by atoms with E-state index in [0.717, 1.165) is 12.8 Å². The second-order valence-corrected chi connectivity index (χ2v) is 6.40. The normalized spacial score (nSPS) is 15.1. The molecule has 5 nitrogen and oxygen atoms in total. The molecule has 2 heterocycles. The van der Waals surface area contributed by atoms with Gasteiger partial charge in [0, 0.05) is 24.2 Å². The van der Waals surface area contributed by atoms with Gasteiger partial charge >= 0.3 is 0 Å². The average Bonchev–Trinajstić information content (AvgIpc) is 2.60. The minimum absolute atomic E-state index is 0.00168. The quantitative estimate of drug-likeness (QED) is 0.837. The summed E-state index contributed by atoms with van der Waals surface area (Å²) in [4.78, 5) is 16.5. The van der Waals surface area contributed by atoms with Crippen LogP contribution in [0.25, 0.3) is 0 Å². The largest absolute Gasteiger partial charge is 0.381 e. The standard InChI is InChI=1S/C17H17Cl2N3O2/c18-12-1-3-14(19)15(9-12)22-16-4-2-13(10-20-16)21-17(23)11-5-7-24-8-6-11/h1-4,9-11H,5-8H2,(H,20,22)(H,21,23). The van der Waals surface area contributed by atoms with E-state index in [1.54, 1.807) is 36.5 Å². The lowest BCUT2D eigenvalue weighted by Gasteiger charge is -2.21. The SMILES string of the molecule is O=C(Nc1ccc(Nc2cc(Cl)ccc2Cl)nc1)C1CCOCC1. The fourth-order valence-corrected chi connectivity index (χ4v) is 2.81. The first-order valence-electron chi connectivity index (χ1n) is 7.68. The van der Waals surface area contributed by atoms with E-state index in [2.05, 4.69) is 15.6 Å². The van der Waals surface area contributed by atoms with Gasteiger partial charge in [-0.15, -0.1) is 0 Å². The highest BCUT2D eigenvalue weighted by Crippen LogP contribution is 2.28. The number of nitrogens with one attached hydrogen (secondary N) is 2. The van der Waals surface area contributed by atoms with Gasteiger partial charge < -0.3 is 15.4 Å². The maximum absolute atomic E-state index is 12.2. The van der Waals surface area contributed by atoms with Crippen LogP contribution >= 0.6 is 23.2 Å². The van der Waals surface area contributed by atoms with Gasteiger partial charge in [0.2, 0.25) is 5.91 Å². The molecule has 0 atom stereocenters. The molecule has 0 radical (unpaired) electrons. The zero-order chi connectivity index (χ0) is 16.9. The molecule has 1 amide bonds. The van der Waals surface area contributed by atoms with E-state index >= 15 is 0 Å². The summed E-state index contributed by atoms with van der Waals surface area (Å²) in [7, 11) is 0. The van der Waals surface area contributed by atoms with Crippen molar-refractivity contribution in [2.24, 2.45) is 5.92 Å². The summed E-state index contributed by atoms with van der Waals surface area (Å²) in [6, 6.07) is 8.74. The number of benzene rings is 1. The minimum Gasteiger partial charge on any atom is -0.381 e. The van der Waals surface area contributed by atoms with Gasteiger partial charge in [0.25, 0.3) is 0 Å². The van der Waals surface area contributed by atoms with E-state index in [1.807, 2.05) is 0 Å². The molecule has 24 heavy (non-hydrogen) atoms. The van der Waals surface area contributed by atoms with Crippen molar-refractivity contribution < 1.29 is 9.53 Å². The predicted molar refractivity (Wildman–Crippen MR) is 96.2 cm³/mol. The lowest BCUT2D eigenvalue weighted by atomic mass is 9.99. The van der Waals surface area contributed by atoms with Gasteiger partial charge in [-0.05, 0) is 43.2 Å². The Balaban J connectivity index is 1.62. The Bertz CT molecular complexity index is 716. The molecule has 1 saturated heterocycles. The number of hydrogen-bond acceptors (Lipinski definition) is 4. The van der Waals surface area contributed by atoms with Crippen LogP contribution in [0.5, 0.6) is 0 Å².